The molecule has 4 nitrogen and oxygen atoms in total. The van der Waals surface area contributed by atoms with Gasteiger partial charge in [-0.25, -0.2) is 8.78 Å². The first-order valence-corrected chi connectivity index (χ1v) is 7.67. The minimum absolute atomic E-state index is 0.111. The first-order valence-electron chi connectivity index (χ1n) is 7.67. The summed E-state index contributed by atoms with van der Waals surface area (Å²) in [7, 11) is 0. The van der Waals surface area contributed by atoms with Crippen LogP contribution in [0.5, 0.6) is 5.75 Å². The standard InChI is InChI=1S/C18H17F2NO3/c19-14-9-16(24-11-12-4-2-1-3-5-12)15(20)8-13(14)18(22)17-10-21-6-7-23-17/h1-5,8-9,17,21H,6-7,10-11H2/t17-/m0/s1. The van der Waals surface area contributed by atoms with Crippen LogP contribution in [0, 0.1) is 11.6 Å². The lowest BCUT2D eigenvalue weighted by Gasteiger charge is -2.22. The van der Waals surface area contributed by atoms with Crippen LogP contribution in [0.15, 0.2) is 42.5 Å². The van der Waals surface area contributed by atoms with E-state index in [2.05, 4.69) is 5.32 Å². The van der Waals surface area contributed by atoms with Crippen LogP contribution >= 0.6 is 0 Å². The monoisotopic (exact) mass is 333 g/mol. The molecule has 0 spiro atoms. The topological polar surface area (TPSA) is 47.6 Å². The summed E-state index contributed by atoms with van der Waals surface area (Å²) in [5, 5.41) is 2.98. The quantitative estimate of drug-likeness (QED) is 0.855. The molecule has 2 aromatic carbocycles. The van der Waals surface area contributed by atoms with Crippen molar-refractivity contribution in [3.05, 3.63) is 65.2 Å². The summed E-state index contributed by atoms with van der Waals surface area (Å²) in [6.07, 6.45) is -0.802. The molecule has 126 valence electrons. The molecule has 6 heteroatoms. The number of hydrogen-bond donors (Lipinski definition) is 1. The molecular weight excluding hydrogens is 316 g/mol. The van der Waals surface area contributed by atoms with Gasteiger partial charge in [0.25, 0.3) is 0 Å². The van der Waals surface area contributed by atoms with Gasteiger partial charge in [-0.15, -0.1) is 0 Å². The molecule has 1 atom stereocenters. The summed E-state index contributed by atoms with van der Waals surface area (Å²) in [5.74, 6) is -2.40. The van der Waals surface area contributed by atoms with E-state index < -0.39 is 23.5 Å². The van der Waals surface area contributed by atoms with E-state index in [1.54, 1.807) is 0 Å². The number of hydrogen-bond acceptors (Lipinski definition) is 4. The van der Waals surface area contributed by atoms with Crippen molar-refractivity contribution in [3.8, 4) is 5.75 Å². The Labute approximate surface area is 138 Å². The third kappa shape index (κ3) is 3.77. The summed E-state index contributed by atoms with van der Waals surface area (Å²) in [4.78, 5) is 12.3. The maximum atomic E-state index is 14.2. The molecule has 1 aliphatic rings. The summed E-state index contributed by atoms with van der Waals surface area (Å²) < 4.78 is 39.0. The van der Waals surface area contributed by atoms with Gasteiger partial charge in [-0.1, -0.05) is 30.3 Å². The highest BCUT2D eigenvalue weighted by Gasteiger charge is 2.26. The van der Waals surface area contributed by atoms with Crippen LogP contribution in [0.1, 0.15) is 15.9 Å². The second-order valence-electron chi connectivity index (χ2n) is 5.46. The number of ether oxygens (including phenoxy) is 2. The van der Waals surface area contributed by atoms with Gasteiger partial charge in [-0.2, -0.15) is 0 Å². The predicted octanol–water partition coefficient (Wildman–Crippen LogP) is 2.71. The highest BCUT2D eigenvalue weighted by Crippen LogP contribution is 2.24. The van der Waals surface area contributed by atoms with Gasteiger partial charge in [0.1, 0.15) is 18.5 Å². The van der Waals surface area contributed by atoms with Crippen LogP contribution in [0.4, 0.5) is 8.78 Å². The Morgan fingerprint density at radius 3 is 2.71 bits per heavy atom. The molecule has 24 heavy (non-hydrogen) atoms. The SMILES string of the molecule is O=C(c1cc(F)c(OCc2ccccc2)cc1F)[C@@H]1CNCCO1. The Balaban J connectivity index is 1.74. The zero-order valence-electron chi connectivity index (χ0n) is 12.9. The lowest BCUT2D eigenvalue weighted by Crippen LogP contribution is -2.43. The third-order valence-corrected chi connectivity index (χ3v) is 3.74. The summed E-state index contributed by atoms with van der Waals surface area (Å²) in [5.41, 5.74) is 0.507. The molecule has 0 saturated carbocycles. The number of benzene rings is 2. The molecule has 1 aliphatic heterocycles. The molecule has 0 unspecified atom stereocenters. The highest BCUT2D eigenvalue weighted by molar-refractivity contribution is 6.00. The van der Waals surface area contributed by atoms with Crippen LogP contribution in [-0.4, -0.2) is 31.6 Å². The minimum Gasteiger partial charge on any atom is -0.486 e. The smallest absolute Gasteiger partial charge is 0.195 e. The van der Waals surface area contributed by atoms with Crippen molar-refractivity contribution >= 4 is 5.78 Å². The maximum absolute atomic E-state index is 14.2. The van der Waals surface area contributed by atoms with E-state index in [9.17, 15) is 13.6 Å². The van der Waals surface area contributed by atoms with E-state index in [0.717, 1.165) is 17.7 Å². The lowest BCUT2D eigenvalue weighted by molar-refractivity contribution is 0.0266. The Morgan fingerprint density at radius 2 is 2.00 bits per heavy atom. The van der Waals surface area contributed by atoms with Crippen LogP contribution in [0.25, 0.3) is 0 Å². The van der Waals surface area contributed by atoms with Crippen molar-refractivity contribution in [2.24, 2.45) is 0 Å². The average molecular weight is 333 g/mol. The number of halogens is 2. The van der Waals surface area contributed by atoms with Crippen molar-refractivity contribution in [3.63, 3.8) is 0 Å². The Morgan fingerprint density at radius 1 is 1.21 bits per heavy atom. The molecule has 0 aromatic heterocycles. The van der Waals surface area contributed by atoms with E-state index in [4.69, 9.17) is 9.47 Å². The fraction of sp³-hybridized carbons (Fsp3) is 0.278. The molecule has 2 aromatic rings. The fourth-order valence-electron chi connectivity index (χ4n) is 2.47. The number of morpholine rings is 1. The van der Waals surface area contributed by atoms with E-state index in [1.165, 1.54) is 0 Å². The fourth-order valence-corrected chi connectivity index (χ4v) is 2.47. The molecule has 1 N–H and O–H groups in total. The number of carbonyl (C=O) groups is 1. The van der Waals surface area contributed by atoms with Gasteiger partial charge in [-0.05, 0) is 11.6 Å². The Kier molecular flexibility index (Phi) is 5.17. The van der Waals surface area contributed by atoms with E-state index in [0.29, 0.717) is 13.2 Å². The second kappa shape index (κ2) is 7.51. The van der Waals surface area contributed by atoms with Gasteiger partial charge >= 0.3 is 0 Å². The van der Waals surface area contributed by atoms with Gasteiger partial charge in [0.05, 0.1) is 12.2 Å². The van der Waals surface area contributed by atoms with Gasteiger partial charge in [0, 0.05) is 19.2 Å². The minimum atomic E-state index is -0.821. The molecule has 3 rings (SSSR count). The molecule has 1 fully saturated rings. The Bertz CT molecular complexity index is 716. The molecule has 0 amide bonds. The van der Waals surface area contributed by atoms with Gasteiger partial charge in [-0.3, -0.25) is 4.79 Å². The summed E-state index contributed by atoms with van der Waals surface area (Å²) >= 11 is 0. The number of rotatable bonds is 5. The molecule has 0 aliphatic carbocycles. The number of carbonyl (C=O) groups excluding carboxylic acids is 1. The first kappa shape index (κ1) is 16.5. The summed E-state index contributed by atoms with van der Waals surface area (Å²) in [6.45, 7) is 1.39. The Hall–Kier alpha value is -2.31. The van der Waals surface area contributed by atoms with Crippen molar-refractivity contribution in [2.45, 2.75) is 12.7 Å². The zero-order valence-corrected chi connectivity index (χ0v) is 12.9. The largest absolute Gasteiger partial charge is 0.486 e. The van der Waals surface area contributed by atoms with E-state index in [1.807, 2.05) is 30.3 Å². The molecular formula is C18H17F2NO3. The second-order valence-corrected chi connectivity index (χ2v) is 5.46. The van der Waals surface area contributed by atoms with Crippen molar-refractivity contribution in [2.75, 3.05) is 19.7 Å². The van der Waals surface area contributed by atoms with Crippen LogP contribution < -0.4 is 10.1 Å². The van der Waals surface area contributed by atoms with Gasteiger partial charge in [0.15, 0.2) is 17.3 Å². The summed E-state index contributed by atoms with van der Waals surface area (Å²) in [6, 6.07) is 10.9. The third-order valence-electron chi connectivity index (χ3n) is 3.74. The van der Waals surface area contributed by atoms with Crippen LogP contribution in [0.3, 0.4) is 0 Å². The normalized spacial score (nSPS) is 17.5. The number of ketones is 1. The zero-order chi connectivity index (χ0) is 16.9. The molecule has 1 saturated heterocycles. The van der Waals surface area contributed by atoms with Crippen LogP contribution in [0.2, 0.25) is 0 Å². The highest BCUT2D eigenvalue weighted by atomic mass is 19.1. The number of Topliss-reactive ketones (excluding diaryl/α,β-unsaturated/α-hetero) is 1. The predicted molar refractivity (Wildman–Crippen MR) is 84.1 cm³/mol. The maximum Gasteiger partial charge on any atom is 0.195 e. The first-order chi connectivity index (χ1) is 11.6. The molecule has 1 heterocycles. The van der Waals surface area contributed by atoms with Crippen molar-refractivity contribution in [1.29, 1.82) is 0 Å². The number of nitrogens with one attached hydrogen (secondary N) is 1. The van der Waals surface area contributed by atoms with Crippen molar-refractivity contribution < 1.29 is 23.0 Å². The molecule has 0 radical (unpaired) electrons. The van der Waals surface area contributed by atoms with Crippen LogP contribution in [-0.2, 0) is 11.3 Å². The average Bonchev–Trinajstić information content (AvgIpc) is 2.63. The molecule has 0 bridgehead atoms. The van der Waals surface area contributed by atoms with E-state index >= 15 is 0 Å². The van der Waals surface area contributed by atoms with E-state index in [-0.39, 0.29) is 24.5 Å². The van der Waals surface area contributed by atoms with Gasteiger partial charge in [0.2, 0.25) is 0 Å². The lowest BCUT2D eigenvalue weighted by atomic mass is 10.0. The van der Waals surface area contributed by atoms with Crippen molar-refractivity contribution in [1.82, 2.24) is 5.32 Å². The van der Waals surface area contributed by atoms with Gasteiger partial charge < -0.3 is 14.8 Å².